The van der Waals surface area contributed by atoms with Crippen molar-refractivity contribution < 1.29 is 16.8 Å². The summed E-state index contributed by atoms with van der Waals surface area (Å²) in [6.45, 7) is 3.30. The van der Waals surface area contributed by atoms with Gasteiger partial charge in [-0.15, -0.1) is 11.3 Å². The van der Waals surface area contributed by atoms with Gasteiger partial charge in [0, 0.05) is 36.1 Å². The van der Waals surface area contributed by atoms with Gasteiger partial charge in [0.05, 0.1) is 9.79 Å². The largest absolute Gasteiger partial charge is 0.243 e. The van der Waals surface area contributed by atoms with Crippen molar-refractivity contribution in [2.45, 2.75) is 42.6 Å². The van der Waals surface area contributed by atoms with Crippen LogP contribution >= 0.6 is 22.9 Å². The fourth-order valence-corrected chi connectivity index (χ4v) is 8.06. The lowest BCUT2D eigenvalue weighted by Crippen LogP contribution is -2.39. The minimum Gasteiger partial charge on any atom is -0.207 e. The lowest BCUT2D eigenvalue weighted by atomic mass is 10.0. The first-order valence-electron chi connectivity index (χ1n) is 11.0. The third kappa shape index (κ3) is 5.56. The molecule has 6 nitrogen and oxygen atoms in total. The van der Waals surface area contributed by atoms with Gasteiger partial charge in [-0.3, -0.25) is 0 Å². The highest BCUT2D eigenvalue weighted by atomic mass is 35.5. The molecule has 1 atom stereocenters. The van der Waals surface area contributed by atoms with E-state index >= 15 is 0 Å². The second-order valence-corrected chi connectivity index (χ2v) is 13.8. The Balaban J connectivity index is 1.63. The summed E-state index contributed by atoms with van der Waals surface area (Å²) in [5, 5.41) is 2.39. The van der Waals surface area contributed by atoms with E-state index in [0.29, 0.717) is 29.6 Å². The number of benzene rings is 2. The van der Waals surface area contributed by atoms with E-state index in [0.717, 1.165) is 17.7 Å². The first-order valence-corrected chi connectivity index (χ1v) is 15.2. The van der Waals surface area contributed by atoms with Gasteiger partial charge in [0.2, 0.25) is 20.0 Å². The fourth-order valence-electron chi connectivity index (χ4n) is 4.07. The number of halogens is 1. The van der Waals surface area contributed by atoms with E-state index in [9.17, 15) is 16.8 Å². The maximum absolute atomic E-state index is 13.6. The Hall–Kier alpha value is -1.75. The zero-order chi connectivity index (χ0) is 24.3. The molecule has 182 valence electrons. The van der Waals surface area contributed by atoms with Crippen LogP contribution in [0.25, 0.3) is 0 Å². The molecule has 10 heteroatoms. The van der Waals surface area contributed by atoms with Gasteiger partial charge in [-0.2, -0.15) is 8.61 Å². The van der Waals surface area contributed by atoms with Gasteiger partial charge in [0.1, 0.15) is 0 Å². The number of nitrogens with zero attached hydrogens (tertiary/aromatic N) is 2. The molecule has 0 spiro atoms. The Labute approximate surface area is 210 Å². The quantitative estimate of drug-likeness (QED) is 0.394. The highest BCUT2D eigenvalue weighted by Gasteiger charge is 2.30. The average Bonchev–Trinajstić information content (AvgIpc) is 3.33. The lowest BCUT2D eigenvalue weighted by Gasteiger charge is -2.30. The zero-order valence-electron chi connectivity index (χ0n) is 18.8. The number of hydrogen-bond acceptors (Lipinski definition) is 5. The molecular formula is C24H27ClN2O4S3. The molecule has 0 amide bonds. The molecule has 1 fully saturated rings. The van der Waals surface area contributed by atoms with Gasteiger partial charge in [0.25, 0.3) is 0 Å². The van der Waals surface area contributed by atoms with Crippen molar-refractivity contribution >= 4 is 43.0 Å². The van der Waals surface area contributed by atoms with E-state index in [4.69, 9.17) is 11.6 Å². The number of thiophene rings is 1. The normalized spacial score (nSPS) is 17.8. The second kappa shape index (κ2) is 10.5. The van der Waals surface area contributed by atoms with Crippen LogP contribution in [0.1, 0.15) is 30.2 Å². The number of sulfonamides is 2. The van der Waals surface area contributed by atoms with Crippen LogP contribution in [-0.4, -0.2) is 38.5 Å². The third-order valence-corrected chi connectivity index (χ3v) is 10.9. The standard InChI is InChI=1S/C24H27ClN2O4S3/c1-19-6-4-14-26(16-19)33(28,29)22-10-12-23(13-11-22)34(30,31)27(18-21-8-5-15-32-21)17-20-7-2-3-9-24(20)25/h2-3,5,7-13,15,19H,4,6,14,16-18H2,1H3. The lowest BCUT2D eigenvalue weighted by molar-refractivity contribution is 0.281. The molecule has 3 aromatic rings. The van der Waals surface area contributed by atoms with Crippen molar-refractivity contribution in [1.29, 1.82) is 0 Å². The van der Waals surface area contributed by atoms with Crippen molar-refractivity contribution in [2.24, 2.45) is 5.92 Å². The van der Waals surface area contributed by atoms with Crippen LogP contribution in [0.4, 0.5) is 0 Å². The van der Waals surface area contributed by atoms with E-state index in [1.807, 2.05) is 30.5 Å². The molecule has 1 unspecified atom stereocenters. The predicted octanol–water partition coefficient (Wildman–Crippen LogP) is 5.21. The third-order valence-electron chi connectivity index (χ3n) is 5.94. The zero-order valence-corrected chi connectivity index (χ0v) is 22.0. The molecule has 0 N–H and O–H groups in total. The summed E-state index contributed by atoms with van der Waals surface area (Å²) in [6.07, 6.45) is 1.83. The molecule has 34 heavy (non-hydrogen) atoms. The minimum absolute atomic E-state index is 0.0436. The molecular weight excluding hydrogens is 512 g/mol. The Bertz CT molecular complexity index is 1320. The smallest absolute Gasteiger partial charge is 0.207 e. The van der Waals surface area contributed by atoms with Gasteiger partial charge in [0.15, 0.2) is 0 Å². The van der Waals surface area contributed by atoms with Crippen LogP contribution in [0, 0.1) is 5.92 Å². The van der Waals surface area contributed by atoms with Crippen molar-refractivity contribution in [2.75, 3.05) is 13.1 Å². The maximum Gasteiger partial charge on any atom is 0.243 e. The van der Waals surface area contributed by atoms with Gasteiger partial charge < -0.3 is 0 Å². The molecule has 1 saturated heterocycles. The van der Waals surface area contributed by atoms with Crippen LogP contribution in [0.3, 0.4) is 0 Å². The molecule has 4 rings (SSSR count). The highest BCUT2D eigenvalue weighted by Crippen LogP contribution is 2.28. The maximum atomic E-state index is 13.6. The molecule has 1 aromatic heterocycles. The first kappa shape index (κ1) is 25.3. The number of piperidine rings is 1. The van der Waals surface area contributed by atoms with Gasteiger partial charge >= 0.3 is 0 Å². The minimum atomic E-state index is -3.92. The van der Waals surface area contributed by atoms with E-state index in [-0.39, 0.29) is 22.9 Å². The number of rotatable bonds is 8. The molecule has 2 aromatic carbocycles. The Kier molecular flexibility index (Phi) is 7.81. The SMILES string of the molecule is CC1CCCN(S(=O)(=O)c2ccc(S(=O)(=O)N(Cc3cccs3)Cc3ccccc3Cl)cc2)C1. The van der Waals surface area contributed by atoms with Crippen molar-refractivity contribution in [3.8, 4) is 0 Å². The van der Waals surface area contributed by atoms with Crippen LogP contribution in [-0.2, 0) is 33.1 Å². The topological polar surface area (TPSA) is 74.8 Å². The summed E-state index contributed by atoms with van der Waals surface area (Å²) in [4.78, 5) is 1.05. The monoisotopic (exact) mass is 538 g/mol. The van der Waals surface area contributed by atoms with E-state index < -0.39 is 20.0 Å². The predicted molar refractivity (Wildman–Crippen MR) is 136 cm³/mol. The van der Waals surface area contributed by atoms with E-state index in [1.165, 1.54) is 44.2 Å². The molecule has 0 radical (unpaired) electrons. The van der Waals surface area contributed by atoms with Crippen molar-refractivity contribution in [3.63, 3.8) is 0 Å². The summed E-state index contributed by atoms with van der Waals surface area (Å²) < 4.78 is 56.2. The van der Waals surface area contributed by atoms with E-state index in [1.54, 1.807) is 18.2 Å². The van der Waals surface area contributed by atoms with Crippen molar-refractivity contribution in [1.82, 2.24) is 8.61 Å². The fraction of sp³-hybridized carbons (Fsp3) is 0.333. The molecule has 0 aliphatic carbocycles. The van der Waals surface area contributed by atoms with E-state index in [2.05, 4.69) is 0 Å². The molecule has 1 aliphatic rings. The summed E-state index contributed by atoms with van der Waals surface area (Å²) in [6, 6.07) is 16.4. The van der Waals surface area contributed by atoms with Crippen LogP contribution in [0.15, 0.2) is 75.8 Å². The summed E-state index contributed by atoms with van der Waals surface area (Å²) in [5.74, 6) is 0.304. The van der Waals surface area contributed by atoms with Crippen LogP contribution in [0.2, 0.25) is 5.02 Å². The van der Waals surface area contributed by atoms with Crippen LogP contribution in [0.5, 0.6) is 0 Å². The Morgan fingerprint density at radius 1 is 0.971 bits per heavy atom. The van der Waals surface area contributed by atoms with Gasteiger partial charge in [-0.25, -0.2) is 16.8 Å². The number of hydrogen-bond donors (Lipinski definition) is 0. The van der Waals surface area contributed by atoms with Crippen molar-refractivity contribution in [3.05, 3.63) is 81.5 Å². The molecule has 2 heterocycles. The summed E-state index contributed by atoms with van der Waals surface area (Å²) in [5.41, 5.74) is 0.697. The molecule has 0 bridgehead atoms. The van der Waals surface area contributed by atoms with Gasteiger partial charge in [-0.05, 0) is 66.1 Å². The molecule has 0 saturated carbocycles. The van der Waals surface area contributed by atoms with Gasteiger partial charge in [-0.1, -0.05) is 42.8 Å². The summed E-state index contributed by atoms with van der Waals surface area (Å²) in [7, 11) is -7.58. The Morgan fingerprint density at radius 2 is 1.68 bits per heavy atom. The summed E-state index contributed by atoms with van der Waals surface area (Å²) >= 11 is 7.79. The second-order valence-electron chi connectivity index (χ2n) is 8.53. The first-order chi connectivity index (χ1) is 16.2. The van der Waals surface area contributed by atoms with Crippen LogP contribution < -0.4 is 0 Å². The molecule has 1 aliphatic heterocycles. The Morgan fingerprint density at radius 3 is 2.32 bits per heavy atom. The highest BCUT2D eigenvalue weighted by molar-refractivity contribution is 7.89. The average molecular weight is 539 g/mol.